The fourth-order valence-corrected chi connectivity index (χ4v) is 3.20. The molecule has 0 aliphatic heterocycles. The largest absolute Gasteiger partial charge is 0.416 e. The van der Waals surface area contributed by atoms with Gasteiger partial charge < -0.3 is 0 Å². The molecule has 0 atom stereocenters. The first-order chi connectivity index (χ1) is 10.2. The highest BCUT2D eigenvalue weighted by molar-refractivity contribution is 9.10. The van der Waals surface area contributed by atoms with Gasteiger partial charge in [-0.25, -0.2) is 13.1 Å². The summed E-state index contributed by atoms with van der Waals surface area (Å²) in [7, 11) is -3.87. The van der Waals surface area contributed by atoms with Crippen LogP contribution in [0.15, 0.2) is 57.9 Å². The van der Waals surface area contributed by atoms with Gasteiger partial charge in [-0.15, -0.1) is 0 Å². The molecule has 2 rings (SSSR count). The molecular weight excluding hydrogens is 383 g/mol. The smallest absolute Gasteiger partial charge is 0.207 e. The van der Waals surface area contributed by atoms with Gasteiger partial charge in [0.25, 0.3) is 0 Å². The molecule has 0 unspecified atom stereocenters. The second-order valence-corrected chi connectivity index (χ2v) is 7.16. The summed E-state index contributed by atoms with van der Waals surface area (Å²) >= 11 is 3.27. The zero-order chi connectivity index (χ0) is 16.4. The minimum Gasteiger partial charge on any atom is -0.207 e. The van der Waals surface area contributed by atoms with Crippen molar-refractivity contribution in [2.75, 3.05) is 0 Å². The van der Waals surface area contributed by atoms with E-state index in [0.29, 0.717) is 0 Å². The van der Waals surface area contributed by atoms with Gasteiger partial charge in [0.05, 0.1) is 10.5 Å². The molecule has 3 nitrogen and oxygen atoms in total. The minimum atomic E-state index is -4.49. The Morgan fingerprint density at radius 2 is 1.68 bits per heavy atom. The van der Waals surface area contributed by atoms with Gasteiger partial charge in [0.1, 0.15) is 0 Å². The number of halogens is 4. The molecule has 0 saturated carbocycles. The predicted octanol–water partition coefficient (Wildman–Crippen LogP) is 3.95. The van der Waals surface area contributed by atoms with E-state index >= 15 is 0 Å². The first-order valence-corrected chi connectivity index (χ1v) is 8.37. The summed E-state index contributed by atoms with van der Waals surface area (Å²) in [5, 5.41) is 0. The van der Waals surface area contributed by atoms with E-state index in [-0.39, 0.29) is 11.4 Å². The molecule has 2 aromatic rings. The average Bonchev–Trinajstić information content (AvgIpc) is 2.45. The van der Waals surface area contributed by atoms with E-state index in [1.165, 1.54) is 0 Å². The molecule has 0 bridgehead atoms. The van der Waals surface area contributed by atoms with E-state index in [1.807, 2.05) is 0 Å². The first-order valence-electron chi connectivity index (χ1n) is 6.10. The molecule has 0 aromatic heterocycles. The summed E-state index contributed by atoms with van der Waals surface area (Å²) in [6.45, 7) is 0.0444. The molecule has 0 saturated heterocycles. The van der Waals surface area contributed by atoms with Gasteiger partial charge >= 0.3 is 6.18 Å². The number of alkyl halides is 3. The molecule has 118 valence electrons. The Bertz CT molecular complexity index is 758. The van der Waals surface area contributed by atoms with Crippen LogP contribution in [0.2, 0.25) is 0 Å². The highest BCUT2D eigenvalue weighted by Gasteiger charge is 2.30. The van der Waals surface area contributed by atoms with Crippen molar-refractivity contribution >= 4 is 26.0 Å². The summed E-state index contributed by atoms with van der Waals surface area (Å²) in [5.74, 6) is 0. The number of hydrogen-bond acceptors (Lipinski definition) is 2. The summed E-state index contributed by atoms with van der Waals surface area (Å²) in [6, 6.07) is 10.4. The molecule has 0 heterocycles. The minimum absolute atomic E-state index is 0.0444. The Morgan fingerprint density at radius 3 is 2.23 bits per heavy atom. The van der Waals surface area contributed by atoms with Crippen molar-refractivity contribution in [3.63, 3.8) is 0 Å². The lowest BCUT2D eigenvalue weighted by molar-refractivity contribution is -0.137. The molecule has 0 radical (unpaired) electrons. The van der Waals surface area contributed by atoms with Crippen molar-refractivity contribution in [1.29, 1.82) is 0 Å². The fraction of sp³-hybridized carbons (Fsp3) is 0.143. The lowest BCUT2D eigenvalue weighted by Gasteiger charge is -2.09. The summed E-state index contributed by atoms with van der Waals surface area (Å²) in [6.07, 6.45) is -4.49. The van der Waals surface area contributed by atoms with Gasteiger partial charge in [0.2, 0.25) is 10.0 Å². The van der Waals surface area contributed by atoms with Gasteiger partial charge in [0.15, 0.2) is 0 Å². The van der Waals surface area contributed by atoms with Crippen LogP contribution in [0.5, 0.6) is 0 Å². The highest BCUT2D eigenvalue weighted by atomic mass is 79.9. The Morgan fingerprint density at radius 1 is 1.05 bits per heavy atom. The maximum atomic E-state index is 12.5. The number of benzene rings is 2. The molecule has 8 heteroatoms. The summed E-state index contributed by atoms with van der Waals surface area (Å²) in [5.41, 5.74) is -0.164. The van der Waals surface area contributed by atoms with Crippen LogP contribution in [-0.4, -0.2) is 8.42 Å². The molecule has 22 heavy (non-hydrogen) atoms. The number of rotatable bonds is 4. The fourth-order valence-electron chi connectivity index (χ4n) is 1.73. The zero-order valence-corrected chi connectivity index (χ0v) is 13.5. The van der Waals surface area contributed by atoms with Crippen molar-refractivity contribution in [2.24, 2.45) is 0 Å². The average molecular weight is 394 g/mol. The molecule has 2 aromatic carbocycles. The van der Waals surface area contributed by atoms with Crippen LogP contribution in [0.1, 0.15) is 11.1 Å². The standard InChI is InChI=1S/C14H11BrF3NO2S/c15-12-3-1-2-10(8-12)9-19-22(20,21)13-6-4-11(5-7-13)14(16,17)18/h1-8,19H,9H2. The quantitative estimate of drug-likeness (QED) is 0.854. The molecular formula is C14H11BrF3NO2S. The molecule has 0 aliphatic rings. The van der Waals surface area contributed by atoms with Crippen LogP contribution >= 0.6 is 15.9 Å². The van der Waals surface area contributed by atoms with E-state index in [0.717, 1.165) is 34.3 Å². The maximum Gasteiger partial charge on any atom is 0.416 e. The molecule has 0 aliphatic carbocycles. The Labute approximate surface area is 134 Å². The highest BCUT2D eigenvalue weighted by Crippen LogP contribution is 2.29. The van der Waals surface area contributed by atoms with Gasteiger partial charge in [-0.3, -0.25) is 0 Å². The van der Waals surface area contributed by atoms with E-state index in [9.17, 15) is 21.6 Å². The van der Waals surface area contributed by atoms with Crippen LogP contribution in [0, 0.1) is 0 Å². The van der Waals surface area contributed by atoms with E-state index < -0.39 is 21.8 Å². The van der Waals surface area contributed by atoms with Crippen LogP contribution < -0.4 is 4.72 Å². The Hall–Kier alpha value is -1.38. The third-order valence-electron chi connectivity index (χ3n) is 2.85. The van der Waals surface area contributed by atoms with E-state index in [4.69, 9.17) is 0 Å². The molecule has 0 amide bonds. The van der Waals surface area contributed by atoms with Crippen LogP contribution in [0.25, 0.3) is 0 Å². The van der Waals surface area contributed by atoms with Crippen molar-refractivity contribution < 1.29 is 21.6 Å². The van der Waals surface area contributed by atoms with Crippen molar-refractivity contribution in [3.05, 3.63) is 64.1 Å². The second kappa shape index (κ2) is 6.39. The Kier molecular flexibility index (Phi) is 4.93. The van der Waals surface area contributed by atoms with Crippen molar-refractivity contribution in [2.45, 2.75) is 17.6 Å². The number of sulfonamides is 1. The van der Waals surface area contributed by atoms with Gasteiger partial charge in [-0.2, -0.15) is 13.2 Å². The number of hydrogen-bond donors (Lipinski definition) is 1. The van der Waals surface area contributed by atoms with Crippen LogP contribution in [0.3, 0.4) is 0 Å². The van der Waals surface area contributed by atoms with Gasteiger partial charge in [-0.1, -0.05) is 28.1 Å². The van der Waals surface area contributed by atoms with E-state index in [2.05, 4.69) is 20.7 Å². The van der Waals surface area contributed by atoms with Crippen molar-refractivity contribution in [3.8, 4) is 0 Å². The lowest BCUT2D eigenvalue weighted by atomic mass is 10.2. The van der Waals surface area contributed by atoms with Gasteiger partial charge in [-0.05, 0) is 42.0 Å². The molecule has 0 spiro atoms. The van der Waals surface area contributed by atoms with Crippen molar-refractivity contribution in [1.82, 2.24) is 4.72 Å². The normalized spacial score (nSPS) is 12.4. The zero-order valence-electron chi connectivity index (χ0n) is 11.1. The third kappa shape index (κ3) is 4.31. The van der Waals surface area contributed by atoms with Crippen LogP contribution in [-0.2, 0) is 22.7 Å². The molecule has 1 N–H and O–H groups in total. The maximum absolute atomic E-state index is 12.5. The summed E-state index contributed by atoms with van der Waals surface area (Å²) < 4.78 is 64.6. The monoisotopic (exact) mass is 393 g/mol. The SMILES string of the molecule is O=S(=O)(NCc1cccc(Br)c1)c1ccc(C(F)(F)F)cc1. The third-order valence-corrected chi connectivity index (χ3v) is 4.76. The van der Waals surface area contributed by atoms with Crippen LogP contribution in [0.4, 0.5) is 13.2 Å². The Balaban J connectivity index is 2.13. The van der Waals surface area contributed by atoms with Gasteiger partial charge in [0, 0.05) is 11.0 Å². The second-order valence-electron chi connectivity index (χ2n) is 4.48. The number of nitrogens with one attached hydrogen (secondary N) is 1. The summed E-state index contributed by atoms with van der Waals surface area (Å²) in [4.78, 5) is -0.213. The molecule has 0 fully saturated rings. The lowest BCUT2D eigenvalue weighted by Crippen LogP contribution is -2.23. The van der Waals surface area contributed by atoms with E-state index in [1.54, 1.807) is 24.3 Å². The predicted molar refractivity (Wildman–Crippen MR) is 79.6 cm³/mol. The topological polar surface area (TPSA) is 46.2 Å². The first kappa shape index (κ1) is 17.0.